The summed E-state index contributed by atoms with van der Waals surface area (Å²) < 4.78 is 5.28. The van der Waals surface area contributed by atoms with Crippen LogP contribution in [0.2, 0.25) is 0 Å². The number of para-hydroxylation sites is 1. The van der Waals surface area contributed by atoms with E-state index in [9.17, 15) is 14.4 Å². The number of hydrazone groups is 1. The molecule has 0 radical (unpaired) electrons. The van der Waals surface area contributed by atoms with E-state index >= 15 is 0 Å². The average molecular weight is 363 g/mol. The summed E-state index contributed by atoms with van der Waals surface area (Å²) in [5.41, 5.74) is 4.69. The fraction of sp³-hybridized carbons (Fsp3) is 0.200. The molecule has 1 saturated heterocycles. The van der Waals surface area contributed by atoms with E-state index in [0.717, 1.165) is 16.0 Å². The first-order valence-corrected chi connectivity index (χ1v) is 8.55. The highest BCUT2D eigenvalue weighted by atomic mass is 16.5. The fourth-order valence-electron chi connectivity index (χ4n) is 3.31. The highest BCUT2D eigenvalue weighted by Crippen LogP contribution is 2.32. The highest BCUT2D eigenvalue weighted by Gasteiger charge is 2.55. The van der Waals surface area contributed by atoms with Crippen molar-refractivity contribution in [2.45, 2.75) is 19.6 Å². The third-order valence-electron chi connectivity index (χ3n) is 4.70. The third kappa shape index (κ3) is 2.87. The number of esters is 1. The molecule has 0 spiro atoms. The first kappa shape index (κ1) is 17.0. The lowest BCUT2D eigenvalue weighted by molar-refractivity contribution is -0.137. The van der Waals surface area contributed by atoms with Gasteiger partial charge in [-0.05, 0) is 24.1 Å². The van der Waals surface area contributed by atoms with Gasteiger partial charge in [-0.2, -0.15) is 5.10 Å². The molecule has 2 aromatic rings. The lowest BCUT2D eigenvalue weighted by atomic mass is 9.99. The molecule has 1 fully saturated rings. The number of anilines is 1. The van der Waals surface area contributed by atoms with Crippen LogP contribution in [-0.2, 0) is 25.7 Å². The number of carbonyl (C=O) groups is 3. The Bertz CT molecular complexity index is 955. The predicted octanol–water partition coefficient (Wildman–Crippen LogP) is 1.56. The van der Waals surface area contributed by atoms with Gasteiger partial charge in [0.15, 0.2) is 5.71 Å². The molecule has 2 heterocycles. The van der Waals surface area contributed by atoms with E-state index in [1.54, 1.807) is 12.1 Å². The fourth-order valence-corrected chi connectivity index (χ4v) is 3.31. The molecule has 2 aromatic carbocycles. The maximum atomic E-state index is 12.9. The van der Waals surface area contributed by atoms with Crippen LogP contribution in [0.3, 0.4) is 0 Å². The molecule has 0 saturated carbocycles. The van der Waals surface area contributed by atoms with Crippen LogP contribution in [0.4, 0.5) is 5.69 Å². The number of nitrogens with zero attached hydrogens (tertiary/aromatic N) is 2. The van der Waals surface area contributed by atoms with Crippen molar-refractivity contribution < 1.29 is 19.1 Å². The first-order chi connectivity index (χ1) is 13.1. The summed E-state index contributed by atoms with van der Waals surface area (Å²) in [5.74, 6) is -2.57. The topological polar surface area (TPSA) is 88.1 Å². The van der Waals surface area contributed by atoms with E-state index in [1.165, 1.54) is 0 Å². The minimum Gasteiger partial charge on any atom is -0.456 e. The Balaban J connectivity index is 1.53. The number of ether oxygens (including phenoxy) is 1. The van der Waals surface area contributed by atoms with Crippen molar-refractivity contribution in [2.24, 2.45) is 11.0 Å². The summed E-state index contributed by atoms with van der Waals surface area (Å²) in [4.78, 5) is 39.2. The minimum atomic E-state index is -0.972. The summed E-state index contributed by atoms with van der Waals surface area (Å²) in [6, 6.07) is 15.4. The highest BCUT2D eigenvalue weighted by molar-refractivity contribution is 6.46. The smallest absolute Gasteiger partial charge is 0.355 e. The largest absolute Gasteiger partial charge is 0.456 e. The van der Waals surface area contributed by atoms with Crippen molar-refractivity contribution in [2.75, 3.05) is 4.90 Å². The second kappa shape index (κ2) is 6.68. The predicted molar refractivity (Wildman–Crippen MR) is 97.8 cm³/mol. The van der Waals surface area contributed by atoms with E-state index in [-0.39, 0.29) is 12.3 Å². The molecule has 2 atom stereocenters. The van der Waals surface area contributed by atoms with Crippen LogP contribution in [0, 0.1) is 12.8 Å². The van der Waals surface area contributed by atoms with Gasteiger partial charge in [-0.3, -0.25) is 15.0 Å². The molecular formula is C20H17N3O4. The second-order valence-corrected chi connectivity index (χ2v) is 6.44. The van der Waals surface area contributed by atoms with Gasteiger partial charge in [-0.25, -0.2) is 9.69 Å². The number of fused-ring (bicyclic) bond motifs is 1. The number of hydrogen-bond acceptors (Lipinski definition) is 6. The number of imide groups is 1. The van der Waals surface area contributed by atoms with Gasteiger partial charge in [-0.1, -0.05) is 48.5 Å². The molecule has 0 aromatic heterocycles. The summed E-state index contributed by atoms with van der Waals surface area (Å²) in [6.07, 6.45) is 0. The first-order valence-electron chi connectivity index (χ1n) is 8.55. The SMILES string of the molecule is Cc1ccccc1N1C(=O)C2NN=C(C(=O)OCc3ccccc3)C2C1=O. The Hall–Kier alpha value is -3.48. The normalized spacial score (nSPS) is 20.9. The number of nitrogens with one attached hydrogen (secondary N) is 1. The Kier molecular flexibility index (Phi) is 4.19. The van der Waals surface area contributed by atoms with Gasteiger partial charge in [0.25, 0.3) is 5.91 Å². The zero-order valence-corrected chi connectivity index (χ0v) is 14.6. The van der Waals surface area contributed by atoms with E-state index in [0.29, 0.717) is 5.69 Å². The maximum Gasteiger partial charge on any atom is 0.355 e. The summed E-state index contributed by atoms with van der Waals surface area (Å²) >= 11 is 0. The van der Waals surface area contributed by atoms with Gasteiger partial charge in [-0.15, -0.1) is 0 Å². The number of aryl methyl sites for hydroxylation is 1. The van der Waals surface area contributed by atoms with Gasteiger partial charge in [0.1, 0.15) is 18.6 Å². The molecule has 2 unspecified atom stereocenters. The average Bonchev–Trinajstić information content (AvgIpc) is 3.22. The number of rotatable bonds is 4. The molecule has 27 heavy (non-hydrogen) atoms. The number of benzene rings is 2. The molecule has 136 valence electrons. The number of carbonyl (C=O) groups excluding carboxylic acids is 3. The summed E-state index contributed by atoms with van der Waals surface area (Å²) in [7, 11) is 0. The monoisotopic (exact) mass is 363 g/mol. The standard InChI is InChI=1S/C20H17N3O4/c1-12-7-5-6-10-14(12)23-18(24)15-16(19(23)25)21-22-17(15)20(26)27-11-13-8-3-2-4-9-13/h2-10,15-16,21H,11H2,1H3. The van der Waals surface area contributed by atoms with Gasteiger partial charge >= 0.3 is 5.97 Å². The van der Waals surface area contributed by atoms with E-state index in [2.05, 4.69) is 10.5 Å². The van der Waals surface area contributed by atoms with Gasteiger partial charge in [0.05, 0.1) is 5.69 Å². The van der Waals surface area contributed by atoms with Gasteiger partial charge < -0.3 is 4.74 Å². The van der Waals surface area contributed by atoms with Crippen molar-refractivity contribution in [1.82, 2.24) is 5.43 Å². The maximum absolute atomic E-state index is 12.9. The minimum absolute atomic E-state index is 0.0645. The van der Waals surface area contributed by atoms with Crippen molar-refractivity contribution in [3.63, 3.8) is 0 Å². The van der Waals surface area contributed by atoms with E-state index < -0.39 is 29.7 Å². The van der Waals surface area contributed by atoms with Crippen LogP contribution in [0.1, 0.15) is 11.1 Å². The number of amides is 2. The molecule has 4 rings (SSSR count). The Morgan fingerprint density at radius 1 is 1.07 bits per heavy atom. The molecule has 0 bridgehead atoms. The van der Waals surface area contributed by atoms with E-state index in [4.69, 9.17) is 4.74 Å². The molecule has 1 N–H and O–H groups in total. The molecular weight excluding hydrogens is 346 g/mol. The molecule has 0 aliphatic carbocycles. The van der Waals surface area contributed by atoms with Crippen LogP contribution in [-0.4, -0.2) is 29.5 Å². The van der Waals surface area contributed by atoms with Crippen LogP contribution in [0.15, 0.2) is 59.7 Å². The Morgan fingerprint density at radius 2 is 1.78 bits per heavy atom. The van der Waals surface area contributed by atoms with Crippen LogP contribution in [0.5, 0.6) is 0 Å². The van der Waals surface area contributed by atoms with Crippen LogP contribution >= 0.6 is 0 Å². The van der Waals surface area contributed by atoms with E-state index in [1.807, 2.05) is 49.4 Å². The molecule has 7 nitrogen and oxygen atoms in total. The van der Waals surface area contributed by atoms with Crippen molar-refractivity contribution in [3.8, 4) is 0 Å². The quantitative estimate of drug-likeness (QED) is 0.658. The Labute approximate surface area is 155 Å². The van der Waals surface area contributed by atoms with Gasteiger partial charge in [0, 0.05) is 0 Å². The lowest BCUT2D eigenvalue weighted by Crippen LogP contribution is -2.36. The molecule has 2 amide bonds. The zero-order valence-electron chi connectivity index (χ0n) is 14.6. The number of hydrogen-bond donors (Lipinski definition) is 1. The lowest BCUT2D eigenvalue weighted by Gasteiger charge is -2.17. The zero-order chi connectivity index (χ0) is 19.0. The van der Waals surface area contributed by atoms with Gasteiger partial charge in [0.2, 0.25) is 5.91 Å². The Morgan fingerprint density at radius 3 is 2.52 bits per heavy atom. The van der Waals surface area contributed by atoms with Crippen LogP contribution < -0.4 is 10.3 Å². The third-order valence-corrected chi connectivity index (χ3v) is 4.70. The molecule has 7 heteroatoms. The van der Waals surface area contributed by atoms with Crippen molar-refractivity contribution in [1.29, 1.82) is 0 Å². The molecule has 2 aliphatic heterocycles. The molecule has 2 aliphatic rings. The van der Waals surface area contributed by atoms with Crippen molar-refractivity contribution in [3.05, 3.63) is 65.7 Å². The summed E-state index contributed by atoms with van der Waals surface area (Å²) in [5, 5.41) is 3.91. The summed E-state index contributed by atoms with van der Waals surface area (Å²) in [6.45, 7) is 1.89. The van der Waals surface area contributed by atoms with Crippen molar-refractivity contribution >= 4 is 29.2 Å². The van der Waals surface area contributed by atoms with Crippen LogP contribution in [0.25, 0.3) is 0 Å². The second-order valence-electron chi connectivity index (χ2n) is 6.44.